The number of benzene rings is 1. The molecule has 2 aromatic heterocycles. The number of carbonyl (C=O) groups excluding carboxylic acids is 1. The number of likely N-dealkylation sites (tertiary alicyclic amines) is 1. The fourth-order valence-electron chi connectivity index (χ4n) is 3.27. The minimum Gasteiger partial charge on any atom is -0.339 e. The standard InChI is InChI=1S/C20H19N3O/c24-20(23-12-6-1-7-13-23)16-14-19(18-10-4-5-11-21-18)22-17-9-3-2-8-15(16)17/h2-5,8-11,14H,1,6-7,12-13H2. The maximum Gasteiger partial charge on any atom is 0.254 e. The molecule has 24 heavy (non-hydrogen) atoms. The zero-order chi connectivity index (χ0) is 16.4. The predicted molar refractivity (Wildman–Crippen MR) is 94.7 cm³/mol. The molecule has 0 N–H and O–H groups in total. The molecule has 0 saturated carbocycles. The lowest BCUT2D eigenvalue weighted by molar-refractivity contribution is 0.0726. The Balaban J connectivity index is 1.85. The highest BCUT2D eigenvalue weighted by molar-refractivity contribution is 6.07. The van der Waals surface area contributed by atoms with E-state index in [1.54, 1.807) is 6.20 Å². The number of amides is 1. The van der Waals surface area contributed by atoms with Gasteiger partial charge in [0, 0.05) is 24.7 Å². The molecule has 4 rings (SSSR count). The van der Waals surface area contributed by atoms with Gasteiger partial charge in [-0.2, -0.15) is 0 Å². The van der Waals surface area contributed by atoms with Crippen molar-refractivity contribution in [1.29, 1.82) is 0 Å². The first-order valence-corrected chi connectivity index (χ1v) is 8.43. The highest BCUT2D eigenvalue weighted by atomic mass is 16.2. The van der Waals surface area contributed by atoms with Crippen molar-refractivity contribution in [2.75, 3.05) is 13.1 Å². The number of para-hydroxylation sites is 1. The molecule has 1 fully saturated rings. The summed E-state index contributed by atoms with van der Waals surface area (Å²) in [5.41, 5.74) is 3.09. The second-order valence-corrected chi connectivity index (χ2v) is 6.14. The Hall–Kier alpha value is -2.75. The zero-order valence-corrected chi connectivity index (χ0v) is 13.5. The molecule has 1 aliphatic heterocycles. The highest BCUT2D eigenvalue weighted by Crippen LogP contribution is 2.25. The number of rotatable bonds is 2. The number of pyridine rings is 2. The quantitative estimate of drug-likeness (QED) is 0.719. The van der Waals surface area contributed by atoms with E-state index < -0.39 is 0 Å². The van der Waals surface area contributed by atoms with Gasteiger partial charge in [-0.15, -0.1) is 0 Å². The molecule has 0 unspecified atom stereocenters. The van der Waals surface area contributed by atoms with Crippen LogP contribution in [0.15, 0.2) is 54.7 Å². The van der Waals surface area contributed by atoms with Gasteiger partial charge in [0.05, 0.1) is 22.5 Å². The smallest absolute Gasteiger partial charge is 0.254 e. The molecule has 0 spiro atoms. The Morgan fingerprint density at radius 1 is 0.917 bits per heavy atom. The van der Waals surface area contributed by atoms with E-state index in [1.165, 1.54) is 6.42 Å². The Kier molecular flexibility index (Phi) is 3.95. The number of hydrogen-bond acceptors (Lipinski definition) is 3. The summed E-state index contributed by atoms with van der Waals surface area (Å²) in [5, 5.41) is 0.910. The predicted octanol–water partition coefficient (Wildman–Crippen LogP) is 3.92. The monoisotopic (exact) mass is 317 g/mol. The fourth-order valence-corrected chi connectivity index (χ4v) is 3.27. The molecule has 3 heterocycles. The van der Waals surface area contributed by atoms with Crippen LogP contribution in [0.2, 0.25) is 0 Å². The van der Waals surface area contributed by atoms with Crippen molar-refractivity contribution in [2.24, 2.45) is 0 Å². The van der Waals surface area contributed by atoms with Crippen molar-refractivity contribution < 1.29 is 4.79 Å². The summed E-state index contributed by atoms with van der Waals surface area (Å²) in [4.78, 5) is 24.1. The van der Waals surface area contributed by atoms with Gasteiger partial charge in [-0.05, 0) is 43.5 Å². The van der Waals surface area contributed by atoms with Crippen LogP contribution in [0, 0.1) is 0 Å². The second kappa shape index (κ2) is 6.40. The van der Waals surface area contributed by atoms with Gasteiger partial charge in [0.15, 0.2) is 0 Å². The van der Waals surface area contributed by atoms with E-state index >= 15 is 0 Å². The van der Waals surface area contributed by atoms with E-state index in [0.717, 1.165) is 53.8 Å². The summed E-state index contributed by atoms with van der Waals surface area (Å²) in [6, 6.07) is 15.5. The number of piperidine rings is 1. The molecule has 4 heteroatoms. The van der Waals surface area contributed by atoms with Crippen LogP contribution in [0.3, 0.4) is 0 Å². The minimum atomic E-state index is 0.102. The maximum absolute atomic E-state index is 13.1. The van der Waals surface area contributed by atoms with Gasteiger partial charge < -0.3 is 4.90 Å². The third kappa shape index (κ3) is 2.75. The minimum absolute atomic E-state index is 0.102. The van der Waals surface area contributed by atoms with Crippen molar-refractivity contribution in [1.82, 2.24) is 14.9 Å². The van der Waals surface area contributed by atoms with E-state index in [-0.39, 0.29) is 5.91 Å². The summed E-state index contributed by atoms with van der Waals surface area (Å²) in [6.07, 6.45) is 5.13. The van der Waals surface area contributed by atoms with Crippen molar-refractivity contribution >= 4 is 16.8 Å². The first-order valence-electron chi connectivity index (χ1n) is 8.43. The van der Waals surface area contributed by atoms with Crippen LogP contribution in [0.1, 0.15) is 29.6 Å². The Labute approximate surface area is 141 Å². The van der Waals surface area contributed by atoms with Crippen molar-refractivity contribution in [3.05, 3.63) is 60.3 Å². The van der Waals surface area contributed by atoms with Crippen LogP contribution in [-0.2, 0) is 0 Å². The number of fused-ring (bicyclic) bond motifs is 1. The number of aromatic nitrogens is 2. The third-order valence-corrected chi connectivity index (χ3v) is 4.52. The van der Waals surface area contributed by atoms with E-state index in [0.29, 0.717) is 0 Å². The number of hydrogen-bond donors (Lipinski definition) is 0. The van der Waals surface area contributed by atoms with E-state index in [9.17, 15) is 4.79 Å². The van der Waals surface area contributed by atoms with E-state index in [1.807, 2.05) is 53.4 Å². The van der Waals surface area contributed by atoms with Crippen molar-refractivity contribution in [3.63, 3.8) is 0 Å². The lowest BCUT2D eigenvalue weighted by Crippen LogP contribution is -2.35. The van der Waals surface area contributed by atoms with Crippen molar-refractivity contribution in [3.8, 4) is 11.4 Å². The van der Waals surface area contributed by atoms with Gasteiger partial charge >= 0.3 is 0 Å². The SMILES string of the molecule is O=C(c1cc(-c2ccccn2)nc2ccccc12)N1CCCCC1. The van der Waals surface area contributed by atoms with Gasteiger partial charge in [-0.3, -0.25) is 9.78 Å². The molecule has 1 aliphatic rings. The first-order chi connectivity index (χ1) is 11.8. The van der Waals surface area contributed by atoms with E-state index in [4.69, 9.17) is 4.98 Å². The Morgan fingerprint density at radius 2 is 1.71 bits per heavy atom. The average Bonchev–Trinajstić information content (AvgIpc) is 2.68. The molecule has 0 radical (unpaired) electrons. The third-order valence-electron chi connectivity index (χ3n) is 4.52. The number of nitrogens with zero attached hydrogens (tertiary/aromatic N) is 3. The lowest BCUT2D eigenvalue weighted by Gasteiger charge is -2.27. The molecule has 4 nitrogen and oxygen atoms in total. The molecule has 1 saturated heterocycles. The van der Waals surface area contributed by atoms with Crippen LogP contribution in [-0.4, -0.2) is 33.9 Å². The normalized spacial score (nSPS) is 14.8. The highest BCUT2D eigenvalue weighted by Gasteiger charge is 2.21. The molecular weight excluding hydrogens is 298 g/mol. The van der Waals surface area contributed by atoms with Gasteiger partial charge in [-0.25, -0.2) is 4.98 Å². The molecule has 1 amide bonds. The summed E-state index contributed by atoms with van der Waals surface area (Å²) in [5.74, 6) is 0.102. The Morgan fingerprint density at radius 3 is 2.50 bits per heavy atom. The van der Waals surface area contributed by atoms with Gasteiger partial charge in [0.25, 0.3) is 5.91 Å². The fraction of sp³-hybridized carbons (Fsp3) is 0.250. The topological polar surface area (TPSA) is 46.1 Å². The average molecular weight is 317 g/mol. The molecule has 0 aliphatic carbocycles. The second-order valence-electron chi connectivity index (χ2n) is 6.14. The lowest BCUT2D eigenvalue weighted by atomic mass is 10.0. The van der Waals surface area contributed by atoms with Crippen LogP contribution < -0.4 is 0 Å². The van der Waals surface area contributed by atoms with Crippen LogP contribution in [0.4, 0.5) is 0 Å². The molecule has 120 valence electrons. The molecule has 0 atom stereocenters. The van der Waals surface area contributed by atoms with Crippen LogP contribution in [0.25, 0.3) is 22.3 Å². The number of carbonyl (C=O) groups is 1. The first kappa shape index (κ1) is 14.8. The van der Waals surface area contributed by atoms with Crippen LogP contribution in [0.5, 0.6) is 0 Å². The summed E-state index contributed by atoms with van der Waals surface area (Å²) < 4.78 is 0. The molecule has 0 bridgehead atoms. The summed E-state index contributed by atoms with van der Waals surface area (Å²) in [7, 11) is 0. The summed E-state index contributed by atoms with van der Waals surface area (Å²) >= 11 is 0. The van der Waals surface area contributed by atoms with E-state index in [2.05, 4.69) is 4.98 Å². The molecular formula is C20H19N3O. The van der Waals surface area contributed by atoms with Crippen molar-refractivity contribution in [2.45, 2.75) is 19.3 Å². The molecule has 1 aromatic carbocycles. The van der Waals surface area contributed by atoms with Gasteiger partial charge in [0.2, 0.25) is 0 Å². The van der Waals surface area contributed by atoms with Gasteiger partial charge in [0.1, 0.15) is 0 Å². The zero-order valence-electron chi connectivity index (χ0n) is 13.5. The van der Waals surface area contributed by atoms with Crippen LogP contribution >= 0.6 is 0 Å². The van der Waals surface area contributed by atoms with Gasteiger partial charge in [-0.1, -0.05) is 24.3 Å². The largest absolute Gasteiger partial charge is 0.339 e. The molecule has 3 aromatic rings. The summed E-state index contributed by atoms with van der Waals surface area (Å²) in [6.45, 7) is 1.68. The Bertz CT molecular complexity index is 870. The maximum atomic E-state index is 13.1.